The highest BCUT2D eigenvalue weighted by molar-refractivity contribution is 5.82. The molecule has 0 atom stereocenters. The average molecular weight is 206 g/mol. The van der Waals surface area contributed by atoms with Crippen molar-refractivity contribution in [2.45, 2.75) is 34.2 Å². The summed E-state index contributed by atoms with van der Waals surface area (Å²) < 4.78 is 0. The van der Waals surface area contributed by atoms with E-state index in [1.165, 1.54) is 10.9 Å². The van der Waals surface area contributed by atoms with Gasteiger partial charge in [0.25, 0.3) is 0 Å². The number of hydrogen-bond donors (Lipinski definition) is 2. The Kier molecular flexibility index (Phi) is 7.38. The molecule has 2 nitrogen and oxygen atoms in total. The van der Waals surface area contributed by atoms with Gasteiger partial charge in [0.15, 0.2) is 0 Å². The minimum Gasteiger partial charge on any atom is -0.361 e. The number of H-pyrrole nitrogens is 1. The van der Waals surface area contributed by atoms with Gasteiger partial charge < -0.3 is 10.7 Å². The van der Waals surface area contributed by atoms with Crippen molar-refractivity contribution in [1.29, 1.82) is 0 Å². The Hall–Kier alpha value is -1.28. The van der Waals surface area contributed by atoms with Crippen LogP contribution < -0.4 is 5.73 Å². The summed E-state index contributed by atoms with van der Waals surface area (Å²) in [6.45, 7) is 8.61. The third-order valence-electron chi connectivity index (χ3n) is 1.91. The fourth-order valence-electron chi connectivity index (χ4n) is 1.33. The van der Waals surface area contributed by atoms with E-state index in [1.807, 2.05) is 40.0 Å². The van der Waals surface area contributed by atoms with Crippen molar-refractivity contribution >= 4 is 10.9 Å². The summed E-state index contributed by atoms with van der Waals surface area (Å²) in [5.74, 6) is 0. The van der Waals surface area contributed by atoms with Crippen molar-refractivity contribution in [3.8, 4) is 0 Å². The highest BCUT2D eigenvalue weighted by atomic mass is 14.7. The van der Waals surface area contributed by atoms with Crippen molar-refractivity contribution in [2.24, 2.45) is 5.73 Å². The lowest BCUT2D eigenvalue weighted by molar-refractivity contribution is 1.09. The van der Waals surface area contributed by atoms with Crippen LogP contribution in [-0.2, 0) is 6.54 Å². The highest BCUT2D eigenvalue weighted by Gasteiger charge is 1.97. The summed E-state index contributed by atoms with van der Waals surface area (Å²) in [5.41, 5.74) is 7.92. The standard InChI is InChI=1S/C9H10N2.2C2H6/c10-6-7-2-1-3-9-8(7)4-5-11-9;2*1-2/h1-5,11H,6,10H2;2*1-2H3. The smallest absolute Gasteiger partial charge is 0.0457 e. The van der Waals surface area contributed by atoms with Crippen LogP contribution in [0.1, 0.15) is 33.3 Å². The maximum atomic E-state index is 5.56. The zero-order chi connectivity index (χ0) is 11.7. The van der Waals surface area contributed by atoms with Gasteiger partial charge in [-0.25, -0.2) is 0 Å². The second kappa shape index (κ2) is 8.06. The lowest BCUT2D eigenvalue weighted by Gasteiger charge is -1.96. The predicted octanol–water partition coefficient (Wildman–Crippen LogP) is 3.68. The summed E-state index contributed by atoms with van der Waals surface area (Å²) in [5, 5.41) is 1.23. The molecular formula is C13H22N2. The fourth-order valence-corrected chi connectivity index (χ4v) is 1.33. The lowest BCUT2D eigenvalue weighted by Crippen LogP contribution is -1.95. The number of rotatable bonds is 1. The van der Waals surface area contributed by atoms with Crippen molar-refractivity contribution < 1.29 is 0 Å². The van der Waals surface area contributed by atoms with Gasteiger partial charge >= 0.3 is 0 Å². The molecule has 0 saturated heterocycles. The molecule has 0 radical (unpaired) electrons. The lowest BCUT2D eigenvalue weighted by atomic mass is 10.1. The Morgan fingerprint density at radius 2 is 1.73 bits per heavy atom. The molecule has 0 unspecified atom stereocenters. The molecule has 0 fully saturated rings. The molecule has 15 heavy (non-hydrogen) atoms. The third-order valence-corrected chi connectivity index (χ3v) is 1.91. The molecule has 1 heterocycles. The predicted molar refractivity (Wildman–Crippen MR) is 68.9 cm³/mol. The average Bonchev–Trinajstić information content (AvgIpc) is 2.82. The molecule has 2 heteroatoms. The maximum Gasteiger partial charge on any atom is 0.0457 e. The zero-order valence-corrected chi connectivity index (χ0v) is 10.2. The molecule has 3 N–H and O–H groups in total. The van der Waals surface area contributed by atoms with E-state index in [0.29, 0.717) is 6.54 Å². The number of hydrogen-bond acceptors (Lipinski definition) is 1. The largest absolute Gasteiger partial charge is 0.361 e. The third kappa shape index (κ3) is 3.40. The van der Waals surface area contributed by atoms with Gasteiger partial charge in [0.2, 0.25) is 0 Å². The number of nitrogens with two attached hydrogens (primary N) is 1. The summed E-state index contributed by atoms with van der Waals surface area (Å²) in [6, 6.07) is 8.17. The molecule has 0 aliphatic carbocycles. The van der Waals surface area contributed by atoms with Crippen LogP contribution >= 0.6 is 0 Å². The molecule has 2 aromatic rings. The van der Waals surface area contributed by atoms with Gasteiger partial charge in [0.1, 0.15) is 0 Å². The maximum absolute atomic E-state index is 5.56. The number of fused-ring (bicyclic) bond motifs is 1. The zero-order valence-electron chi connectivity index (χ0n) is 10.2. The molecule has 0 bridgehead atoms. The Labute approximate surface area is 92.5 Å². The van der Waals surface area contributed by atoms with Crippen molar-refractivity contribution in [2.75, 3.05) is 0 Å². The van der Waals surface area contributed by atoms with Gasteiger partial charge in [-0.2, -0.15) is 0 Å². The molecule has 0 saturated carbocycles. The first-order valence-electron chi connectivity index (χ1n) is 5.67. The van der Waals surface area contributed by atoms with Gasteiger partial charge in [-0.15, -0.1) is 0 Å². The first-order valence-corrected chi connectivity index (χ1v) is 5.67. The summed E-state index contributed by atoms with van der Waals surface area (Å²) in [6.07, 6.45) is 1.93. The Bertz CT molecular complexity index is 363. The number of benzene rings is 1. The molecule has 1 aromatic heterocycles. The number of aromatic nitrogens is 1. The van der Waals surface area contributed by atoms with Gasteiger partial charge in [0.05, 0.1) is 0 Å². The van der Waals surface area contributed by atoms with Crippen LogP contribution in [0.25, 0.3) is 10.9 Å². The topological polar surface area (TPSA) is 41.8 Å². The SMILES string of the molecule is CC.CC.NCc1cccc2[nH]ccc12. The molecule has 84 valence electrons. The summed E-state index contributed by atoms with van der Waals surface area (Å²) in [7, 11) is 0. The molecule has 0 aliphatic heterocycles. The van der Waals surface area contributed by atoms with Crippen LogP contribution in [0.2, 0.25) is 0 Å². The first kappa shape index (κ1) is 13.7. The van der Waals surface area contributed by atoms with E-state index in [0.717, 1.165) is 5.52 Å². The van der Waals surface area contributed by atoms with E-state index in [-0.39, 0.29) is 0 Å². The van der Waals surface area contributed by atoms with Crippen LogP contribution in [0, 0.1) is 0 Å². The highest BCUT2D eigenvalue weighted by Crippen LogP contribution is 2.16. The molecule has 2 rings (SSSR count). The van der Waals surface area contributed by atoms with E-state index >= 15 is 0 Å². The van der Waals surface area contributed by atoms with Crippen LogP contribution in [-0.4, -0.2) is 4.98 Å². The molecular weight excluding hydrogens is 184 g/mol. The monoisotopic (exact) mass is 206 g/mol. The van der Waals surface area contributed by atoms with Crippen molar-refractivity contribution in [1.82, 2.24) is 4.98 Å². The van der Waals surface area contributed by atoms with E-state index in [1.54, 1.807) is 0 Å². The molecule has 0 amide bonds. The second-order valence-corrected chi connectivity index (χ2v) is 2.56. The van der Waals surface area contributed by atoms with Gasteiger partial charge in [0, 0.05) is 23.6 Å². The summed E-state index contributed by atoms with van der Waals surface area (Å²) in [4.78, 5) is 3.14. The summed E-state index contributed by atoms with van der Waals surface area (Å²) >= 11 is 0. The molecule has 0 spiro atoms. The number of aromatic amines is 1. The molecule has 0 aliphatic rings. The second-order valence-electron chi connectivity index (χ2n) is 2.56. The normalized spacial score (nSPS) is 8.60. The van der Waals surface area contributed by atoms with Crippen LogP contribution in [0.3, 0.4) is 0 Å². The molecule has 1 aromatic carbocycles. The van der Waals surface area contributed by atoms with E-state index in [4.69, 9.17) is 5.73 Å². The minimum absolute atomic E-state index is 0.606. The minimum atomic E-state index is 0.606. The van der Waals surface area contributed by atoms with Crippen LogP contribution in [0.5, 0.6) is 0 Å². The van der Waals surface area contributed by atoms with Gasteiger partial charge in [-0.05, 0) is 17.7 Å². The quantitative estimate of drug-likeness (QED) is 0.734. The van der Waals surface area contributed by atoms with Crippen LogP contribution in [0.15, 0.2) is 30.5 Å². The van der Waals surface area contributed by atoms with Crippen molar-refractivity contribution in [3.63, 3.8) is 0 Å². The van der Waals surface area contributed by atoms with Crippen molar-refractivity contribution in [3.05, 3.63) is 36.0 Å². The van der Waals surface area contributed by atoms with E-state index < -0.39 is 0 Å². The van der Waals surface area contributed by atoms with Crippen LogP contribution in [0.4, 0.5) is 0 Å². The fraction of sp³-hybridized carbons (Fsp3) is 0.385. The first-order chi connectivity index (χ1) is 7.42. The number of nitrogens with one attached hydrogen (secondary N) is 1. The van der Waals surface area contributed by atoms with E-state index in [2.05, 4.69) is 23.2 Å². The Balaban J connectivity index is 0.000000442. The van der Waals surface area contributed by atoms with E-state index in [9.17, 15) is 0 Å². The van der Waals surface area contributed by atoms with Gasteiger partial charge in [-0.3, -0.25) is 0 Å². The Morgan fingerprint density at radius 3 is 2.33 bits per heavy atom. The Morgan fingerprint density at radius 1 is 1.07 bits per heavy atom. The van der Waals surface area contributed by atoms with Gasteiger partial charge in [-0.1, -0.05) is 39.8 Å².